The standard InChI is InChI=1S/C6H16NO3P/c8-3-1-7(2-4-9)6(11)5-10/h6,8-10H,1-5,11H2. The first-order valence-corrected chi connectivity index (χ1v) is 4.25. The highest BCUT2D eigenvalue weighted by Gasteiger charge is 2.10. The van der Waals surface area contributed by atoms with Gasteiger partial charge in [0.25, 0.3) is 0 Å². The predicted octanol–water partition coefficient (Wildman–Crippen LogP) is -1.53. The molecule has 0 rings (SSSR count). The van der Waals surface area contributed by atoms with Crippen molar-refractivity contribution in [2.24, 2.45) is 0 Å². The minimum absolute atomic E-state index is 0.0185. The number of nitrogens with zero attached hydrogens (tertiary/aromatic N) is 1. The molecule has 0 aromatic rings. The molecule has 0 fully saturated rings. The summed E-state index contributed by atoms with van der Waals surface area (Å²) in [6, 6.07) is 0. The summed E-state index contributed by atoms with van der Waals surface area (Å²) in [5, 5.41) is 25.9. The highest BCUT2D eigenvalue weighted by Crippen LogP contribution is 2.05. The van der Waals surface area contributed by atoms with Gasteiger partial charge < -0.3 is 15.3 Å². The summed E-state index contributed by atoms with van der Waals surface area (Å²) in [5.74, 6) is -0.0747. The molecule has 11 heavy (non-hydrogen) atoms. The van der Waals surface area contributed by atoms with Crippen LogP contribution in [0.15, 0.2) is 0 Å². The maximum absolute atomic E-state index is 8.73. The van der Waals surface area contributed by atoms with Crippen LogP contribution in [0.3, 0.4) is 0 Å². The van der Waals surface area contributed by atoms with Gasteiger partial charge in [-0.05, 0) is 0 Å². The summed E-state index contributed by atoms with van der Waals surface area (Å²) >= 11 is 0. The molecule has 0 heterocycles. The molecular formula is C6H16NO3P. The molecule has 68 valence electrons. The lowest BCUT2D eigenvalue weighted by atomic mass is 10.4. The lowest BCUT2D eigenvalue weighted by Crippen LogP contribution is -2.37. The van der Waals surface area contributed by atoms with E-state index in [1.807, 2.05) is 0 Å². The van der Waals surface area contributed by atoms with Crippen molar-refractivity contribution >= 4 is 9.24 Å². The second-order valence-corrected chi connectivity index (χ2v) is 3.00. The average Bonchev–Trinajstić information content (AvgIpc) is 2.03. The van der Waals surface area contributed by atoms with Crippen LogP contribution in [0, 0.1) is 0 Å². The molecule has 3 N–H and O–H groups in total. The van der Waals surface area contributed by atoms with Crippen LogP contribution < -0.4 is 0 Å². The van der Waals surface area contributed by atoms with E-state index in [0.717, 1.165) is 0 Å². The third-order valence-corrected chi connectivity index (χ3v) is 2.06. The maximum atomic E-state index is 8.73. The van der Waals surface area contributed by atoms with E-state index in [9.17, 15) is 0 Å². The lowest BCUT2D eigenvalue weighted by Gasteiger charge is -2.25. The Morgan fingerprint density at radius 1 is 1.09 bits per heavy atom. The van der Waals surface area contributed by atoms with E-state index >= 15 is 0 Å². The van der Waals surface area contributed by atoms with Crippen molar-refractivity contribution in [2.75, 3.05) is 32.9 Å². The third-order valence-electron chi connectivity index (χ3n) is 1.43. The molecule has 0 saturated carbocycles. The van der Waals surface area contributed by atoms with Crippen molar-refractivity contribution in [2.45, 2.75) is 5.78 Å². The molecule has 4 nitrogen and oxygen atoms in total. The molecule has 0 amide bonds. The fourth-order valence-corrected chi connectivity index (χ4v) is 1.11. The Kier molecular flexibility index (Phi) is 7.12. The molecule has 0 aliphatic carbocycles. The first kappa shape index (κ1) is 11.3. The van der Waals surface area contributed by atoms with Crippen LogP contribution in [-0.2, 0) is 0 Å². The molecule has 5 heteroatoms. The average molecular weight is 181 g/mol. The summed E-state index contributed by atoms with van der Waals surface area (Å²) in [6.45, 7) is 1.07. The van der Waals surface area contributed by atoms with E-state index in [1.54, 1.807) is 4.90 Å². The Morgan fingerprint density at radius 2 is 1.55 bits per heavy atom. The monoisotopic (exact) mass is 181 g/mol. The highest BCUT2D eigenvalue weighted by atomic mass is 31.0. The maximum Gasteiger partial charge on any atom is 0.0621 e. The summed E-state index contributed by atoms with van der Waals surface area (Å²) in [5.41, 5.74) is 0. The van der Waals surface area contributed by atoms with E-state index < -0.39 is 0 Å². The fourth-order valence-electron chi connectivity index (χ4n) is 0.816. The molecule has 0 radical (unpaired) electrons. The van der Waals surface area contributed by atoms with Crippen molar-refractivity contribution in [3.8, 4) is 0 Å². The quantitative estimate of drug-likeness (QED) is 0.435. The van der Waals surface area contributed by atoms with Crippen molar-refractivity contribution in [3.05, 3.63) is 0 Å². The van der Waals surface area contributed by atoms with E-state index in [-0.39, 0.29) is 25.6 Å². The van der Waals surface area contributed by atoms with Gasteiger partial charge in [0, 0.05) is 18.9 Å². The Labute approximate surface area is 69.0 Å². The van der Waals surface area contributed by atoms with Crippen molar-refractivity contribution < 1.29 is 15.3 Å². The van der Waals surface area contributed by atoms with Gasteiger partial charge in [0.1, 0.15) is 0 Å². The molecule has 0 aliphatic rings. The van der Waals surface area contributed by atoms with E-state index in [2.05, 4.69) is 9.24 Å². The first-order valence-electron chi connectivity index (χ1n) is 3.58. The second-order valence-electron chi connectivity index (χ2n) is 2.23. The van der Waals surface area contributed by atoms with Crippen molar-refractivity contribution in [3.63, 3.8) is 0 Å². The van der Waals surface area contributed by atoms with Crippen LogP contribution in [0.4, 0.5) is 0 Å². The van der Waals surface area contributed by atoms with Crippen LogP contribution in [-0.4, -0.2) is 58.9 Å². The molecular weight excluding hydrogens is 165 g/mol. The van der Waals surface area contributed by atoms with Gasteiger partial charge in [-0.15, -0.1) is 9.24 Å². The molecule has 0 aromatic heterocycles. The van der Waals surface area contributed by atoms with E-state index in [4.69, 9.17) is 15.3 Å². The molecule has 0 aromatic carbocycles. The van der Waals surface area contributed by atoms with Gasteiger partial charge in [0.2, 0.25) is 0 Å². The van der Waals surface area contributed by atoms with E-state index in [0.29, 0.717) is 13.1 Å². The Hall–Kier alpha value is 0.270. The molecule has 0 spiro atoms. The number of rotatable bonds is 6. The summed E-state index contributed by atoms with van der Waals surface area (Å²) in [7, 11) is 2.45. The number of hydrogen-bond donors (Lipinski definition) is 3. The first-order chi connectivity index (χ1) is 5.26. The van der Waals surface area contributed by atoms with Crippen LogP contribution >= 0.6 is 9.24 Å². The fraction of sp³-hybridized carbons (Fsp3) is 1.00. The van der Waals surface area contributed by atoms with Crippen molar-refractivity contribution in [1.82, 2.24) is 4.90 Å². The Morgan fingerprint density at radius 3 is 1.82 bits per heavy atom. The second kappa shape index (κ2) is 6.95. The summed E-state index contributed by atoms with van der Waals surface area (Å²) in [4.78, 5) is 1.80. The normalized spacial score (nSPS) is 13.9. The van der Waals surface area contributed by atoms with Crippen LogP contribution in [0.5, 0.6) is 0 Å². The van der Waals surface area contributed by atoms with Gasteiger partial charge in [0.05, 0.1) is 19.8 Å². The predicted molar refractivity (Wildman–Crippen MR) is 46.3 cm³/mol. The Bertz CT molecular complexity index is 87.9. The largest absolute Gasteiger partial charge is 0.395 e. The zero-order valence-corrected chi connectivity index (χ0v) is 7.63. The summed E-state index contributed by atoms with van der Waals surface area (Å²) < 4.78 is 0. The van der Waals surface area contributed by atoms with Gasteiger partial charge in [-0.3, -0.25) is 4.90 Å². The van der Waals surface area contributed by atoms with Gasteiger partial charge in [-0.25, -0.2) is 0 Å². The highest BCUT2D eigenvalue weighted by molar-refractivity contribution is 7.17. The molecule has 2 unspecified atom stereocenters. The Balaban J connectivity index is 3.66. The minimum atomic E-state index is -0.0747. The van der Waals surface area contributed by atoms with Gasteiger partial charge >= 0.3 is 0 Å². The van der Waals surface area contributed by atoms with E-state index in [1.165, 1.54) is 0 Å². The van der Waals surface area contributed by atoms with Crippen molar-refractivity contribution in [1.29, 1.82) is 0 Å². The smallest absolute Gasteiger partial charge is 0.0621 e. The van der Waals surface area contributed by atoms with Crippen LogP contribution in [0.25, 0.3) is 0 Å². The number of aliphatic hydroxyl groups is 3. The third kappa shape index (κ3) is 4.67. The molecule has 2 atom stereocenters. The molecule has 0 saturated heterocycles. The lowest BCUT2D eigenvalue weighted by molar-refractivity contribution is 0.122. The topological polar surface area (TPSA) is 63.9 Å². The van der Waals surface area contributed by atoms with Crippen LogP contribution in [0.1, 0.15) is 0 Å². The van der Waals surface area contributed by atoms with Crippen LogP contribution in [0.2, 0.25) is 0 Å². The minimum Gasteiger partial charge on any atom is -0.395 e. The van der Waals surface area contributed by atoms with Gasteiger partial charge in [-0.2, -0.15) is 0 Å². The number of hydrogen-bond acceptors (Lipinski definition) is 4. The zero-order chi connectivity index (χ0) is 8.69. The number of aliphatic hydroxyl groups excluding tert-OH is 3. The SMILES string of the molecule is OCCN(CCO)C(P)CO. The van der Waals surface area contributed by atoms with Gasteiger partial charge in [0.15, 0.2) is 0 Å². The van der Waals surface area contributed by atoms with Gasteiger partial charge in [-0.1, -0.05) is 0 Å². The molecule has 0 bridgehead atoms. The summed E-state index contributed by atoms with van der Waals surface area (Å²) in [6.07, 6.45) is 0. The zero-order valence-electron chi connectivity index (χ0n) is 6.48. The molecule has 0 aliphatic heterocycles.